The molecule has 0 saturated carbocycles. The minimum Gasteiger partial charge on any atom is -0.392 e. The Morgan fingerprint density at radius 2 is 2.08 bits per heavy atom. The lowest BCUT2D eigenvalue weighted by atomic mass is 9.96. The maximum Gasteiger partial charge on any atom is 0.256 e. The van der Waals surface area contributed by atoms with Crippen molar-refractivity contribution in [2.75, 3.05) is 19.6 Å². The average Bonchev–Trinajstić information content (AvgIpc) is 3.12. The van der Waals surface area contributed by atoms with Crippen LogP contribution in [0.4, 0.5) is 0 Å². The van der Waals surface area contributed by atoms with Gasteiger partial charge in [0.15, 0.2) is 0 Å². The summed E-state index contributed by atoms with van der Waals surface area (Å²) in [6, 6.07) is 10.1. The third-order valence-corrected chi connectivity index (χ3v) is 5.06. The van der Waals surface area contributed by atoms with Gasteiger partial charge in [0.05, 0.1) is 24.9 Å². The number of hydrazone groups is 1. The summed E-state index contributed by atoms with van der Waals surface area (Å²) in [5.41, 5.74) is 2.07. The SMILES string of the molecule is CCC(O)C1CCCCN1CC(=O)N1CCC(c2ccccc2)=N1. The first-order chi connectivity index (χ1) is 11.7. The molecule has 2 aliphatic rings. The molecule has 24 heavy (non-hydrogen) atoms. The maximum atomic E-state index is 12.6. The lowest BCUT2D eigenvalue weighted by Gasteiger charge is -2.38. The zero-order valence-electron chi connectivity index (χ0n) is 14.4. The van der Waals surface area contributed by atoms with Gasteiger partial charge in [0, 0.05) is 12.5 Å². The largest absolute Gasteiger partial charge is 0.392 e. The number of aliphatic hydroxyl groups is 1. The molecule has 130 valence electrons. The topological polar surface area (TPSA) is 56.1 Å². The molecule has 1 aromatic carbocycles. The number of hydrogen-bond donors (Lipinski definition) is 1. The molecule has 1 aromatic rings. The van der Waals surface area contributed by atoms with E-state index >= 15 is 0 Å². The van der Waals surface area contributed by atoms with E-state index in [1.165, 1.54) is 0 Å². The van der Waals surface area contributed by atoms with Crippen LogP contribution in [0.3, 0.4) is 0 Å². The van der Waals surface area contributed by atoms with E-state index in [-0.39, 0.29) is 18.1 Å². The second-order valence-electron chi connectivity index (χ2n) is 6.69. The van der Waals surface area contributed by atoms with Gasteiger partial charge < -0.3 is 5.11 Å². The molecule has 1 fully saturated rings. The molecule has 3 rings (SSSR count). The molecule has 0 spiro atoms. The first kappa shape index (κ1) is 17.1. The van der Waals surface area contributed by atoms with E-state index in [4.69, 9.17) is 0 Å². The molecule has 1 N–H and O–H groups in total. The van der Waals surface area contributed by atoms with Crippen LogP contribution in [0.2, 0.25) is 0 Å². The van der Waals surface area contributed by atoms with Crippen molar-refractivity contribution in [2.45, 2.75) is 51.2 Å². The lowest BCUT2D eigenvalue weighted by Crippen LogP contribution is -2.50. The van der Waals surface area contributed by atoms with Gasteiger partial charge in [-0.3, -0.25) is 9.69 Å². The molecular formula is C19H27N3O2. The third kappa shape index (κ3) is 3.84. The minimum absolute atomic E-state index is 0.0381. The Kier molecular flexibility index (Phi) is 5.63. The van der Waals surface area contributed by atoms with E-state index in [1.54, 1.807) is 5.01 Å². The number of amides is 1. The predicted octanol–water partition coefficient (Wildman–Crippen LogP) is 2.25. The Morgan fingerprint density at radius 3 is 2.83 bits per heavy atom. The van der Waals surface area contributed by atoms with E-state index < -0.39 is 0 Å². The van der Waals surface area contributed by atoms with Crippen molar-refractivity contribution in [3.8, 4) is 0 Å². The molecule has 0 bridgehead atoms. The Morgan fingerprint density at radius 1 is 1.29 bits per heavy atom. The number of piperidine rings is 1. The van der Waals surface area contributed by atoms with Gasteiger partial charge in [0.1, 0.15) is 0 Å². The maximum absolute atomic E-state index is 12.6. The van der Waals surface area contributed by atoms with Crippen molar-refractivity contribution < 1.29 is 9.90 Å². The van der Waals surface area contributed by atoms with Crippen molar-refractivity contribution in [1.29, 1.82) is 0 Å². The van der Waals surface area contributed by atoms with Gasteiger partial charge in [-0.1, -0.05) is 43.7 Å². The monoisotopic (exact) mass is 329 g/mol. The first-order valence-corrected chi connectivity index (χ1v) is 9.04. The smallest absolute Gasteiger partial charge is 0.256 e. The fraction of sp³-hybridized carbons (Fsp3) is 0.579. The number of carbonyl (C=O) groups is 1. The van der Waals surface area contributed by atoms with Crippen LogP contribution in [-0.2, 0) is 4.79 Å². The van der Waals surface area contributed by atoms with Crippen LogP contribution < -0.4 is 0 Å². The minimum atomic E-state index is -0.347. The van der Waals surface area contributed by atoms with Crippen molar-refractivity contribution in [2.24, 2.45) is 5.10 Å². The summed E-state index contributed by atoms with van der Waals surface area (Å²) >= 11 is 0. The van der Waals surface area contributed by atoms with Crippen LogP contribution in [0.5, 0.6) is 0 Å². The highest BCUT2D eigenvalue weighted by Gasteiger charge is 2.31. The van der Waals surface area contributed by atoms with Gasteiger partial charge in [-0.2, -0.15) is 5.10 Å². The molecule has 5 nitrogen and oxygen atoms in total. The molecule has 0 radical (unpaired) electrons. The van der Waals surface area contributed by atoms with Crippen LogP contribution in [0.15, 0.2) is 35.4 Å². The second kappa shape index (κ2) is 7.90. The van der Waals surface area contributed by atoms with Crippen LogP contribution in [0.25, 0.3) is 0 Å². The number of nitrogens with zero attached hydrogens (tertiary/aromatic N) is 3. The predicted molar refractivity (Wildman–Crippen MR) is 94.8 cm³/mol. The molecule has 2 unspecified atom stereocenters. The van der Waals surface area contributed by atoms with E-state index in [9.17, 15) is 9.90 Å². The summed E-state index contributed by atoms with van der Waals surface area (Å²) in [5, 5.41) is 16.4. The molecule has 2 atom stereocenters. The Hall–Kier alpha value is -1.72. The molecule has 1 saturated heterocycles. The molecule has 5 heteroatoms. The van der Waals surface area contributed by atoms with E-state index in [2.05, 4.69) is 10.0 Å². The van der Waals surface area contributed by atoms with E-state index in [0.29, 0.717) is 13.1 Å². The highest BCUT2D eigenvalue weighted by molar-refractivity contribution is 6.02. The van der Waals surface area contributed by atoms with Crippen LogP contribution >= 0.6 is 0 Å². The number of benzene rings is 1. The summed E-state index contributed by atoms with van der Waals surface area (Å²) in [4.78, 5) is 14.8. The lowest BCUT2D eigenvalue weighted by molar-refractivity contribution is -0.133. The number of likely N-dealkylation sites (tertiary alicyclic amines) is 1. The molecule has 1 amide bonds. The summed E-state index contributed by atoms with van der Waals surface area (Å²) in [6.07, 6.45) is 4.39. The van der Waals surface area contributed by atoms with Crippen molar-refractivity contribution in [3.63, 3.8) is 0 Å². The van der Waals surface area contributed by atoms with E-state index in [1.807, 2.05) is 37.3 Å². The highest BCUT2D eigenvalue weighted by atomic mass is 16.3. The van der Waals surface area contributed by atoms with Crippen molar-refractivity contribution in [3.05, 3.63) is 35.9 Å². The summed E-state index contributed by atoms with van der Waals surface area (Å²) in [6.45, 7) is 3.89. The molecule has 2 aliphatic heterocycles. The standard InChI is InChI=1S/C19H27N3O2/c1-2-18(23)17-10-6-7-12-21(17)14-19(24)22-13-11-16(20-22)15-8-4-3-5-9-15/h3-5,8-9,17-18,23H,2,6-7,10-14H2,1H3. The zero-order valence-corrected chi connectivity index (χ0v) is 14.4. The highest BCUT2D eigenvalue weighted by Crippen LogP contribution is 2.22. The Bertz CT molecular complexity index is 588. The van der Waals surface area contributed by atoms with Gasteiger partial charge in [0.25, 0.3) is 5.91 Å². The number of hydrogen-bond acceptors (Lipinski definition) is 4. The fourth-order valence-electron chi connectivity index (χ4n) is 3.65. The van der Waals surface area contributed by atoms with Gasteiger partial charge in [-0.15, -0.1) is 0 Å². The summed E-state index contributed by atoms with van der Waals surface area (Å²) in [5.74, 6) is 0.0381. The number of aliphatic hydroxyl groups excluding tert-OH is 1. The van der Waals surface area contributed by atoms with E-state index in [0.717, 1.165) is 49.9 Å². The van der Waals surface area contributed by atoms with Gasteiger partial charge in [-0.05, 0) is 31.4 Å². The number of rotatable bonds is 5. The Balaban J connectivity index is 1.63. The molecule has 2 heterocycles. The first-order valence-electron chi connectivity index (χ1n) is 9.04. The molecule has 0 aromatic heterocycles. The average molecular weight is 329 g/mol. The Labute approximate surface area is 144 Å². The van der Waals surface area contributed by atoms with Crippen molar-refractivity contribution in [1.82, 2.24) is 9.91 Å². The van der Waals surface area contributed by atoms with Crippen LogP contribution in [0, 0.1) is 0 Å². The summed E-state index contributed by atoms with van der Waals surface area (Å²) < 4.78 is 0. The van der Waals surface area contributed by atoms with Crippen molar-refractivity contribution >= 4 is 11.6 Å². The second-order valence-corrected chi connectivity index (χ2v) is 6.69. The van der Waals surface area contributed by atoms with Gasteiger partial charge in [-0.25, -0.2) is 5.01 Å². The van der Waals surface area contributed by atoms with Crippen LogP contribution in [0.1, 0.15) is 44.6 Å². The normalized spacial score (nSPS) is 23.2. The molecular weight excluding hydrogens is 302 g/mol. The van der Waals surface area contributed by atoms with Gasteiger partial charge in [0.2, 0.25) is 0 Å². The van der Waals surface area contributed by atoms with Crippen LogP contribution in [-0.4, -0.2) is 58.4 Å². The fourth-order valence-corrected chi connectivity index (χ4v) is 3.65. The van der Waals surface area contributed by atoms with Gasteiger partial charge >= 0.3 is 0 Å². The third-order valence-electron chi connectivity index (χ3n) is 5.06. The quantitative estimate of drug-likeness (QED) is 0.901. The zero-order chi connectivity index (χ0) is 16.9. The molecule has 0 aliphatic carbocycles. The summed E-state index contributed by atoms with van der Waals surface area (Å²) in [7, 11) is 0. The number of carbonyl (C=O) groups excluding carboxylic acids is 1.